The Hall–Kier alpha value is -2.26. The minimum atomic E-state index is -0.559. The first-order valence-electron chi connectivity index (χ1n) is 8.73. The predicted molar refractivity (Wildman–Crippen MR) is 121 cm³/mol. The Morgan fingerprint density at radius 3 is 2.50 bits per heavy atom. The fourth-order valence-electron chi connectivity index (χ4n) is 2.99. The third-order valence-electron chi connectivity index (χ3n) is 4.50. The van der Waals surface area contributed by atoms with Crippen molar-refractivity contribution in [3.05, 3.63) is 61.8 Å². The highest BCUT2D eigenvalue weighted by atomic mass is 35.5. The number of nitrogens with one attached hydrogen (secondary N) is 1. The lowest BCUT2D eigenvalue weighted by Crippen LogP contribution is -2.23. The molecule has 1 N–H and O–H groups in total. The second-order valence-corrected chi connectivity index (χ2v) is 9.05. The zero-order chi connectivity index (χ0) is 21.6. The second-order valence-electron chi connectivity index (χ2n) is 6.49. The first-order valence-corrected chi connectivity index (χ1v) is 10.7. The smallest absolute Gasteiger partial charge is 0.262 e. The summed E-state index contributed by atoms with van der Waals surface area (Å²) in [5.74, 6) is 0.0644. The van der Waals surface area contributed by atoms with Crippen molar-refractivity contribution >= 4 is 74.8 Å². The lowest BCUT2D eigenvalue weighted by molar-refractivity contribution is -0.115. The highest BCUT2D eigenvalue weighted by Crippen LogP contribution is 2.34. The van der Waals surface area contributed by atoms with Gasteiger partial charge in [0, 0.05) is 12.1 Å². The number of carbonyl (C=O) groups excluding carboxylic acids is 1. The molecular formula is C19H14Cl3N5O2S. The monoisotopic (exact) mass is 481 g/mol. The maximum Gasteiger partial charge on any atom is 0.262 e. The number of halogens is 3. The first-order chi connectivity index (χ1) is 14.3. The number of aromatic nitrogens is 4. The lowest BCUT2D eigenvalue weighted by atomic mass is 10.2. The molecule has 0 saturated heterocycles. The Bertz CT molecular complexity index is 1340. The topological polar surface area (TPSA) is 81.3 Å². The summed E-state index contributed by atoms with van der Waals surface area (Å²) in [4.78, 5) is 25.3. The van der Waals surface area contributed by atoms with Gasteiger partial charge in [-0.3, -0.25) is 18.6 Å². The minimum absolute atomic E-state index is 0.167. The average molecular weight is 483 g/mol. The van der Waals surface area contributed by atoms with E-state index in [0.29, 0.717) is 32.5 Å². The van der Waals surface area contributed by atoms with Gasteiger partial charge in [-0.2, -0.15) is 0 Å². The number of anilines is 1. The summed E-state index contributed by atoms with van der Waals surface area (Å²) in [5, 5.41) is 12.4. The number of hydrogen-bond donors (Lipinski definition) is 1. The van der Waals surface area contributed by atoms with Crippen LogP contribution in [0.25, 0.3) is 16.7 Å². The molecule has 2 aromatic heterocycles. The fourth-order valence-corrected chi connectivity index (χ4v) is 4.75. The summed E-state index contributed by atoms with van der Waals surface area (Å²) in [7, 11) is 1.63. The number of benzene rings is 2. The van der Waals surface area contributed by atoms with E-state index in [4.69, 9.17) is 34.8 Å². The molecule has 1 amide bonds. The van der Waals surface area contributed by atoms with Gasteiger partial charge in [-0.15, -0.1) is 10.2 Å². The molecule has 7 nitrogen and oxygen atoms in total. The van der Waals surface area contributed by atoms with Gasteiger partial charge in [-0.25, -0.2) is 0 Å². The third-order valence-corrected chi connectivity index (χ3v) is 6.36. The highest BCUT2D eigenvalue weighted by Gasteiger charge is 2.22. The summed E-state index contributed by atoms with van der Waals surface area (Å²) >= 11 is 19.4. The Morgan fingerprint density at radius 1 is 1.13 bits per heavy atom. The molecule has 4 rings (SSSR count). The largest absolute Gasteiger partial charge is 0.323 e. The van der Waals surface area contributed by atoms with Crippen LogP contribution in [0.5, 0.6) is 0 Å². The van der Waals surface area contributed by atoms with Crippen LogP contribution in [-0.2, 0) is 11.8 Å². The van der Waals surface area contributed by atoms with Gasteiger partial charge in [0.15, 0.2) is 5.16 Å². The molecule has 0 radical (unpaired) electrons. The molecule has 30 heavy (non-hydrogen) atoms. The third kappa shape index (κ3) is 3.65. The van der Waals surface area contributed by atoms with Crippen LogP contribution < -0.4 is 10.9 Å². The molecule has 0 spiro atoms. The van der Waals surface area contributed by atoms with Crippen molar-refractivity contribution in [1.29, 1.82) is 0 Å². The molecule has 0 aliphatic heterocycles. The van der Waals surface area contributed by atoms with E-state index < -0.39 is 5.25 Å². The van der Waals surface area contributed by atoms with Crippen LogP contribution in [0.3, 0.4) is 0 Å². The van der Waals surface area contributed by atoms with Gasteiger partial charge >= 0.3 is 0 Å². The summed E-state index contributed by atoms with van der Waals surface area (Å²) in [5.41, 5.74) is 0.790. The lowest BCUT2D eigenvalue weighted by Gasteiger charge is -2.14. The van der Waals surface area contributed by atoms with Crippen molar-refractivity contribution in [3.8, 4) is 0 Å². The van der Waals surface area contributed by atoms with E-state index in [1.807, 2.05) is 12.1 Å². The minimum Gasteiger partial charge on any atom is -0.323 e. The molecular weight excluding hydrogens is 469 g/mol. The van der Waals surface area contributed by atoms with Crippen LogP contribution in [0.4, 0.5) is 5.69 Å². The van der Waals surface area contributed by atoms with E-state index in [-0.39, 0.29) is 21.5 Å². The predicted octanol–water partition coefficient (Wildman–Crippen LogP) is 4.66. The van der Waals surface area contributed by atoms with E-state index in [9.17, 15) is 9.59 Å². The van der Waals surface area contributed by atoms with Crippen molar-refractivity contribution in [2.45, 2.75) is 17.3 Å². The van der Waals surface area contributed by atoms with Crippen LogP contribution in [0.1, 0.15) is 6.92 Å². The summed E-state index contributed by atoms with van der Waals surface area (Å²) < 4.78 is 3.19. The van der Waals surface area contributed by atoms with Gasteiger partial charge < -0.3 is 5.32 Å². The molecule has 11 heteroatoms. The summed E-state index contributed by atoms with van der Waals surface area (Å²) in [6.45, 7) is 1.73. The highest BCUT2D eigenvalue weighted by molar-refractivity contribution is 8.00. The van der Waals surface area contributed by atoms with Crippen molar-refractivity contribution in [1.82, 2.24) is 19.2 Å². The first kappa shape index (κ1) is 21.0. The molecule has 1 atom stereocenters. The number of hydrogen-bond acceptors (Lipinski definition) is 5. The zero-order valence-electron chi connectivity index (χ0n) is 15.7. The molecule has 2 aromatic carbocycles. The summed E-state index contributed by atoms with van der Waals surface area (Å²) in [6, 6.07) is 10.2. The molecule has 0 aliphatic rings. The van der Waals surface area contributed by atoms with Gasteiger partial charge in [0.1, 0.15) is 0 Å². The number of para-hydroxylation sites is 1. The SMILES string of the molecule is CC(Sc1nnc2n(C)c(=O)c3ccccc3n12)C(=O)Nc1c(Cl)cc(Cl)cc1Cl. The van der Waals surface area contributed by atoms with Gasteiger partial charge in [-0.1, -0.05) is 58.7 Å². The van der Waals surface area contributed by atoms with Crippen LogP contribution in [-0.4, -0.2) is 30.3 Å². The van der Waals surface area contributed by atoms with Crippen molar-refractivity contribution in [2.75, 3.05) is 5.32 Å². The Morgan fingerprint density at radius 2 is 1.80 bits per heavy atom. The van der Waals surface area contributed by atoms with Crippen molar-refractivity contribution in [2.24, 2.45) is 7.05 Å². The molecule has 0 bridgehead atoms. The normalized spacial score (nSPS) is 12.4. The van der Waals surface area contributed by atoms with E-state index in [2.05, 4.69) is 15.5 Å². The second kappa shape index (κ2) is 8.11. The number of fused-ring (bicyclic) bond motifs is 3. The molecule has 0 saturated carbocycles. The summed E-state index contributed by atoms with van der Waals surface area (Å²) in [6.07, 6.45) is 0. The maximum atomic E-state index is 12.8. The number of aryl methyl sites for hydroxylation is 1. The van der Waals surface area contributed by atoms with Gasteiger partial charge in [0.05, 0.1) is 31.9 Å². The molecule has 4 aromatic rings. The number of rotatable bonds is 4. The molecule has 154 valence electrons. The van der Waals surface area contributed by atoms with E-state index >= 15 is 0 Å². The standard InChI is InChI=1S/C19H14Cl3N5O2S/c1-9(16(28)23-15-12(21)7-10(20)8-13(15)22)30-19-25-24-18-26(2)17(29)11-5-3-4-6-14(11)27(18)19/h3-9H,1-2H3,(H,23,28). The van der Waals surface area contributed by atoms with Crippen LogP contribution in [0.2, 0.25) is 15.1 Å². The van der Waals surface area contributed by atoms with Gasteiger partial charge in [0.2, 0.25) is 11.7 Å². The van der Waals surface area contributed by atoms with Crippen LogP contribution in [0.15, 0.2) is 46.3 Å². The van der Waals surface area contributed by atoms with Crippen LogP contribution in [0, 0.1) is 0 Å². The van der Waals surface area contributed by atoms with Crippen LogP contribution >= 0.6 is 46.6 Å². The molecule has 0 fully saturated rings. The van der Waals surface area contributed by atoms with Crippen molar-refractivity contribution in [3.63, 3.8) is 0 Å². The Balaban J connectivity index is 1.68. The fraction of sp³-hybridized carbons (Fsp3) is 0.158. The molecule has 0 aliphatic carbocycles. The van der Waals surface area contributed by atoms with E-state index in [0.717, 1.165) is 0 Å². The number of amides is 1. The molecule has 2 heterocycles. The number of nitrogens with zero attached hydrogens (tertiary/aromatic N) is 4. The van der Waals surface area contributed by atoms with Gasteiger partial charge in [0.25, 0.3) is 5.56 Å². The average Bonchev–Trinajstić information content (AvgIpc) is 3.12. The van der Waals surface area contributed by atoms with E-state index in [1.54, 1.807) is 30.5 Å². The number of thioether (sulfide) groups is 1. The van der Waals surface area contributed by atoms with Crippen molar-refractivity contribution < 1.29 is 4.79 Å². The maximum absolute atomic E-state index is 12.8. The van der Waals surface area contributed by atoms with E-state index in [1.165, 1.54) is 28.5 Å². The zero-order valence-corrected chi connectivity index (χ0v) is 18.8. The number of carbonyl (C=O) groups is 1. The Kier molecular flexibility index (Phi) is 5.67. The Labute approximate surface area is 189 Å². The molecule has 1 unspecified atom stereocenters. The quantitative estimate of drug-likeness (QED) is 0.428. The van der Waals surface area contributed by atoms with Gasteiger partial charge in [-0.05, 0) is 31.2 Å².